The highest BCUT2D eigenvalue weighted by Crippen LogP contribution is 2.22. The van der Waals surface area contributed by atoms with Crippen molar-refractivity contribution in [3.05, 3.63) is 63.6 Å². The first-order valence-corrected chi connectivity index (χ1v) is 8.83. The van der Waals surface area contributed by atoms with Crippen LogP contribution in [0, 0.1) is 0 Å². The minimum absolute atomic E-state index is 0.00776. The van der Waals surface area contributed by atoms with E-state index in [0.717, 1.165) is 21.8 Å². The maximum atomic E-state index is 12.4. The maximum Gasteiger partial charge on any atom is 0.278 e. The van der Waals surface area contributed by atoms with Crippen LogP contribution in [0.5, 0.6) is 5.75 Å². The molecule has 1 unspecified atom stereocenters. The topological polar surface area (TPSA) is 42.8 Å². The molecular formula is C19H23Cl2N2O2+. The molecule has 0 saturated carbocycles. The molecule has 2 aromatic carbocycles. The Morgan fingerprint density at radius 3 is 2.36 bits per heavy atom. The monoisotopic (exact) mass is 381 g/mol. The van der Waals surface area contributed by atoms with Crippen LogP contribution < -0.4 is 15.0 Å². The number of rotatable bonds is 7. The summed E-state index contributed by atoms with van der Waals surface area (Å²) >= 11 is 12.0. The smallest absolute Gasteiger partial charge is 0.278 e. The van der Waals surface area contributed by atoms with E-state index in [2.05, 4.69) is 5.32 Å². The number of carbonyl (C=O) groups excluding carboxylic acids is 1. The zero-order chi connectivity index (χ0) is 18.4. The lowest BCUT2D eigenvalue weighted by atomic mass is 10.1. The molecule has 134 valence electrons. The molecular weight excluding hydrogens is 359 g/mol. The van der Waals surface area contributed by atoms with Gasteiger partial charge in [-0.3, -0.25) is 4.79 Å². The Morgan fingerprint density at radius 1 is 1.12 bits per heavy atom. The molecule has 2 atom stereocenters. The molecule has 2 rings (SSSR count). The predicted octanol–water partition coefficient (Wildman–Crippen LogP) is 2.72. The van der Waals surface area contributed by atoms with Crippen LogP contribution in [-0.4, -0.2) is 26.1 Å². The Labute approximate surface area is 158 Å². The summed E-state index contributed by atoms with van der Waals surface area (Å²) in [7, 11) is 3.62. The van der Waals surface area contributed by atoms with Gasteiger partial charge in [-0.15, -0.1) is 0 Å². The molecule has 0 heterocycles. The Hall–Kier alpha value is -1.75. The highest BCUT2D eigenvalue weighted by atomic mass is 35.5. The summed E-state index contributed by atoms with van der Waals surface area (Å²) in [6.45, 7) is 3.09. The number of quaternary nitrogens is 1. The number of benzene rings is 2. The third-order valence-corrected chi connectivity index (χ3v) is 4.96. The molecule has 0 aliphatic rings. The Kier molecular flexibility index (Phi) is 7.12. The van der Waals surface area contributed by atoms with Crippen molar-refractivity contribution in [2.75, 3.05) is 14.2 Å². The Balaban J connectivity index is 1.88. The van der Waals surface area contributed by atoms with Crippen LogP contribution in [-0.2, 0) is 17.9 Å². The van der Waals surface area contributed by atoms with Crippen LogP contribution >= 0.6 is 23.2 Å². The minimum Gasteiger partial charge on any atom is -0.497 e. The molecule has 1 amide bonds. The first-order chi connectivity index (χ1) is 11.9. The zero-order valence-corrected chi connectivity index (χ0v) is 16.1. The van der Waals surface area contributed by atoms with Gasteiger partial charge in [0.15, 0.2) is 6.04 Å². The van der Waals surface area contributed by atoms with Crippen LogP contribution in [0.15, 0.2) is 42.5 Å². The number of nitrogens with one attached hydrogen (secondary N) is 2. The van der Waals surface area contributed by atoms with Crippen LogP contribution in [0.2, 0.25) is 10.0 Å². The summed E-state index contributed by atoms with van der Waals surface area (Å²) in [5.74, 6) is 0.808. The van der Waals surface area contributed by atoms with Gasteiger partial charge in [-0.25, -0.2) is 0 Å². The molecule has 2 aromatic rings. The molecule has 4 nitrogen and oxygen atoms in total. The molecule has 0 aromatic heterocycles. The fourth-order valence-corrected chi connectivity index (χ4v) is 2.75. The second kappa shape index (κ2) is 9.09. The van der Waals surface area contributed by atoms with Gasteiger partial charge < -0.3 is 15.0 Å². The maximum absolute atomic E-state index is 12.4. The molecule has 0 aliphatic carbocycles. The van der Waals surface area contributed by atoms with E-state index in [1.54, 1.807) is 13.2 Å². The van der Waals surface area contributed by atoms with Crippen LogP contribution in [0.25, 0.3) is 0 Å². The summed E-state index contributed by atoms with van der Waals surface area (Å²) in [4.78, 5) is 13.5. The van der Waals surface area contributed by atoms with Gasteiger partial charge in [0.05, 0.1) is 24.2 Å². The molecule has 0 spiro atoms. The van der Waals surface area contributed by atoms with Gasteiger partial charge in [0.1, 0.15) is 12.3 Å². The van der Waals surface area contributed by atoms with Crippen molar-refractivity contribution in [3.8, 4) is 5.75 Å². The van der Waals surface area contributed by atoms with E-state index in [1.807, 2.05) is 50.4 Å². The van der Waals surface area contributed by atoms with Gasteiger partial charge in [-0.1, -0.05) is 41.4 Å². The van der Waals surface area contributed by atoms with E-state index >= 15 is 0 Å². The number of amides is 1. The molecule has 0 bridgehead atoms. The number of carbonyl (C=O) groups is 1. The van der Waals surface area contributed by atoms with E-state index in [0.29, 0.717) is 23.1 Å². The molecule has 0 aliphatic heterocycles. The third kappa shape index (κ3) is 5.63. The number of hydrogen-bond acceptors (Lipinski definition) is 2. The van der Waals surface area contributed by atoms with Gasteiger partial charge in [0.25, 0.3) is 5.91 Å². The van der Waals surface area contributed by atoms with Gasteiger partial charge >= 0.3 is 0 Å². The molecule has 2 N–H and O–H groups in total. The zero-order valence-electron chi connectivity index (χ0n) is 14.6. The lowest BCUT2D eigenvalue weighted by molar-refractivity contribution is -0.908. The van der Waals surface area contributed by atoms with Gasteiger partial charge in [-0.05, 0) is 36.8 Å². The van der Waals surface area contributed by atoms with Crippen molar-refractivity contribution >= 4 is 29.1 Å². The number of hydrogen-bond donors (Lipinski definition) is 2. The summed E-state index contributed by atoms with van der Waals surface area (Å²) in [6, 6.07) is 13.0. The summed E-state index contributed by atoms with van der Waals surface area (Å²) in [5, 5.41) is 4.04. The average molecular weight is 382 g/mol. The van der Waals surface area contributed by atoms with E-state index in [1.165, 1.54) is 0 Å². The van der Waals surface area contributed by atoms with Crippen molar-refractivity contribution in [3.63, 3.8) is 0 Å². The Bertz CT molecular complexity index is 720. The van der Waals surface area contributed by atoms with Crippen molar-refractivity contribution in [2.45, 2.75) is 26.1 Å². The predicted molar refractivity (Wildman–Crippen MR) is 101 cm³/mol. The number of likely N-dealkylation sites (N-methyl/N-ethyl adjacent to an activating group) is 1. The standard InChI is InChI=1S/C19H22Cl2N2O2/c1-13(23(2)12-15-6-9-17(20)18(21)10-15)19(24)22-11-14-4-7-16(25-3)8-5-14/h4-10,13H,11-12H2,1-3H3,(H,22,24)/p+1/t13-/m1/s1. The first-order valence-electron chi connectivity index (χ1n) is 8.07. The second-order valence-electron chi connectivity index (χ2n) is 6.06. The third-order valence-electron chi connectivity index (χ3n) is 4.23. The fraction of sp³-hybridized carbons (Fsp3) is 0.316. The van der Waals surface area contributed by atoms with E-state index < -0.39 is 0 Å². The Morgan fingerprint density at radius 2 is 1.76 bits per heavy atom. The first kappa shape index (κ1) is 19.6. The minimum atomic E-state index is -0.187. The van der Waals surface area contributed by atoms with Crippen molar-refractivity contribution in [2.24, 2.45) is 0 Å². The van der Waals surface area contributed by atoms with Crippen LogP contribution in [0.4, 0.5) is 0 Å². The van der Waals surface area contributed by atoms with Crippen molar-refractivity contribution < 1.29 is 14.4 Å². The quantitative estimate of drug-likeness (QED) is 0.774. The molecule has 6 heteroatoms. The highest BCUT2D eigenvalue weighted by molar-refractivity contribution is 6.42. The normalized spacial score (nSPS) is 13.2. The summed E-state index contributed by atoms with van der Waals surface area (Å²) in [6.07, 6.45) is 0. The highest BCUT2D eigenvalue weighted by Gasteiger charge is 2.21. The average Bonchev–Trinajstić information content (AvgIpc) is 2.62. The van der Waals surface area contributed by atoms with Gasteiger partial charge in [0.2, 0.25) is 0 Å². The van der Waals surface area contributed by atoms with Crippen LogP contribution in [0.3, 0.4) is 0 Å². The van der Waals surface area contributed by atoms with E-state index in [-0.39, 0.29) is 11.9 Å². The lowest BCUT2D eigenvalue weighted by Gasteiger charge is -2.21. The summed E-state index contributed by atoms with van der Waals surface area (Å²) in [5.41, 5.74) is 2.07. The number of ether oxygens (including phenoxy) is 1. The van der Waals surface area contributed by atoms with Gasteiger partial charge in [0, 0.05) is 12.1 Å². The van der Waals surface area contributed by atoms with Crippen molar-refractivity contribution in [1.82, 2.24) is 5.32 Å². The molecule has 25 heavy (non-hydrogen) atoms. The molecule has 0 radical (unpaired) electrons. The number of methoxy groups -OCH3 is 1. The summed E-state index contributed by atoms with van der Waals surface area (Å²) < 4.78 is 5.13. The van der Waals surface area contributed by atoms with E-state index in [9.17, 15) is 4.79 Å². The van der Waals surface area contributed by atoms with Crippen LogP contribution in [0.1, 0.15) is 18.1 Å². The largest absolute Gasteiger partial charge is 0.497 e. The second-order valence-corrected chi connectivity index (χ2v) is 6.87. The van der Waals surface area contributed by atoms with E-state index in [4.69, 9.17) is 27.9 Å². The van der Waals surface area contributed by atoms with Crippen molar-refractivity contribution in [1.29, 1.82) is 0 Å². The van der Waals surface area contributed by atoms with Gasteiger partial charge in [-0.2, -0.15) is 0 Å². The number of halogens is 2. The fourth-order valence-electron chi connectivity index (χ4n) is 2.43. The molecule has 0 saturated heterocycles. The lowest BCUT2D eigenvalue weighted by Crippen LogP contribution is -3.12. The molecule has 0 fully saturated rings. The SMILES string of the molecule is COc1ccc(CNC(=O)[C@@H](C)[NH+](C)Cc2ccc(Cl)c(Cl)c2)cc1.